The van der Waals surface area contributed by atoms with Crippen molar-refractivity contribution in [3.05, 3.63) is 75.9 Å². The second-order valence-corrected chi connectivity index (χ2v) is 9.10. The molecule has 0 atom stereocenters. The summed E-state index contributed by atoms with van der Waals surface area (Å²) in [4.78, 5) is 13.3. The molecule has 3 aromatic rings. The van der Waals surface area contributed by atoms with E-state index in [0.717, 1.165) is 37.7 Å². The van der Waals surface area contributed by atoms with E-state index in [4.69, 9.17) is 16.3 Å². The van der Waals surface area contributed by atoms with Gasteiger partial charge in [-0.2, -0.15) is 5.10 Å². The van der Waals surface area contributed by atoms with Crippen LogP contribution in [0.1, 0.15) is 29.7 Å². The highest BCUT2D eigenvalue weighted by Crippen LogP contribution is 2.27. The van der Waals surface area contributed by atoms with Crippen molar-refractivity contribution in [1.82, 2.24) is 15.1 Å². The molecule has 0 saturated carbocycles. The summed E-state index contributed by atoms with van der Waals surface area (Å²) in [5.74, 6) is -0.224. The lowest BCUT2D eigenvalue weighted by Gasteiger charge is -2.27. The van der Waals surface area contributed by atoms with E-state index in [1.54, 1.807) is 28.9 Å². The zero-order valence-corrected chi connectivity index (χ0v) is 20.1. The molecule has 1 aliphatic heterocycles. The van der Waals surface area contributed by atoms with Crippen LogP contribution in [0.25, 0.3) is 0 Å². The van der Waals surface area contributed by atoms with Crippen LogP contribution in [0.3, 0.4) is 0 Å². The molecule has 0 unspecified atom stereocenters. The van der Waals surface area contributed by atoms with Gasteiger partial charge in [-0.25, -0.2) is 13.6 Å². The molecule has 2 heterocycles. The molecular weight excluding hydrogens is 478 g/mol. The number of amides is 1. The van der Waals surface area contributed by atoms with Gasteiger partial charge >= 0.3 is 6.09 Å². The summed E-state index contributed by atoms with van der Waals surface area (Å²) in [6.45, 7) is 4.18. The zero-order chi connectivity index (χ0) is 24.9. The first kappa shape index (κ1) is 24.9. The van der Waals surface area contributed by atoms with Gasteiger partial charge in [-0.3, -0.25) is 9.58 Å². The van der Waals surface area contributed by atoms with E-state index in [9.17, 15) is 18.7 Å². The number of piperidine rings is 1. The van der Waals surface area contributed by atoms with E-state index in [2.05, 4.69) is 10.4 Å². The minimum absolute atomic E-state index is 0.0902. The molecule has 186 valence electrons. The average molecular weight is 505 g/mol. The Kier molecular flexibility index (Phi) is 7.87. The quantitative estimate of drug-likeness (QED) is 0.439. The molecule has 2 N–H and O–H groups in total. The molecule has 35 heavy (non-hydrogen) atoms. The Balaban J connectivity index is 1.52. The van der Waals surface area contributed by atoms with E-state index < -0.39 is 17.7 Å². The Morgan fingerprint density at radius 3 is 2.69 bits per heavy atom. The third kappa shape index (κ3) is 6.29. The summed E-state index contributed by atoms with van der Waals surface area (Å²) in [6.07, 6.45) is 0.796. The first-order valence-corrected chi connectivity index (χ1v) is 11.8. The van der Waals surface area contributed by atoms with Crippen LogP contribution in [-0.2, 0) is 13.2 Å². The third-order valence-electron chi connectivity index (χ3n) is 6.12. The number of anilines is 1. The van der Waals surface area contributed by atoms with Gasteiger partial charge in [0, 0.05) is 40.5 Å². The molecule has 7 nitrogen and oxygen atoms in total. The summed E-state index contributed by atoms with van der Waals surface area (Å²) in [7, 11) is 0. The summed E-state index contributed by atoms with van der Waals surface area (Å²) in [5.41, 5.74) is 1.69. The SMILES string of the molecule is Cc1cc(N(CC2CCNCC2)C(=O)O)nn1Cc1cc(Cl)ccc1OCc1ccc(F)cc1F. The lowest BCUT2D eigenvalue weighted by atomic mass is 9.98. The highest BCUT2D eigenvalue weighted by molar-refractivity contribution is 6.30. The van der Waals surface area contributed by atoms with Gasteiger partial charge in [0.05, 0.1) is 6.54 Å². The van der Waals surface area contributed by atoms with Gasteiger partial charge in [0.15, 0.2) is 5.82 Å². The molecule has 1 amide bonds. The number of carbonyl (C=O) groups is 1. The Hall–Kier alpha value is -3.17. The van der Waals surface area contributed by atoms with Gasteiger partial charge < -0.3 is 15.2 Å². The largest absolute Gasteiger partial charge is 0.488 e. The van der Waals surface area contributed by atoms with Crippen LogP contribution in [0, 0.1) is 24.5 Å². The lowest BCUT2D eigenvalue weighted by molar-refractivity contribution is 0.199. The molecule has 4 rings (SSSR count). The fourth-order valence-corrected chi connectivity index (χ4v) is 4.34. The van der Waals surface area contributed by atoms with Gasteiger partial charge in [-0.1, -0.05) is 11.6 Å². The lowest BCUT2D eigenvalue weighted by Crippen LogP contribution is -2.39. The molecule has 10 heteroatoms. The first-order valence-electron chi connectivity index (χ1n) is 11.4. The Morgan fingerprint density at radius 2 is 1.97 bits per heavy atom. The Bertz CT molecular complexity index is 1200. The molecule has 1 saturated heterocycles. The molecule has 1 aromatic heterocycles. The Morgan fingerprint density at radius 1 is 1.20 bits per heavy atom. The van der Waals surface area contributed by atoms with Crippen molar-refractivity contribution in [1.29, 1.82) is 0 Å². The molecule has 0 aliphatic carbocycles. The highest BCUT2D eigenvalue weighted by atomic mass is 35.5. The maximum absolute atomic E-state index is 14.0. The third-order valence-corrected chi connectivity index (χ3v) is 6.35. The number of aromatic nitrogens is 2. The fourth-order valence-electron chi connectivity index (χ4n) is 4.14. The van der Waals surface area contributed by atoms with Crippen LogP contribution in [-0.4, -0.2) is 40.6 Å². The van der Waals surface area contributed by atoms with Crippen LogP contribution in [0.15, 0.2) is 42.5 Å². The predicted octanol–water partition coefficient (Wildman–Crippen LogP) is 5.23. The first-order chi connectivity index (χ1) is 16.8. The van der Waals surface area contributed by atoms with Crippen molar-refractivity contribution in [3.63, 3.8) is 0 Å². The number of nitrogens with one attached hydrogen (secondary N) is 1. The number of carboxylic acid groups (broad SMARTS) is 1. The highest BCUT2D eigenvalue weighted by Gasteiger charge is 2.24. The van der Waals surface area contributed by atoms with Crippen LogP contribution in [0.2, 0.25) is 5.02 Å². The number of ether oxygens (including phenoxy) is 1. The molecule has 0 spiro atoms. The maximum Gasteiger partial charge on any atom is 0.413 e. The topological polar surface area (TPSA) is 79.6 Å². The number of nitrogens with zero attached hydrogens (tertiary/aromatic N) is 3. The standard InChI is InChI=1S/C25H27ClF2N4O3/c1-16-10-24(31(25(33)34)13-17-6-8-29-9-7-17)30-32(16)14-19-11-20(26)3-5-23(19)35-15-18-2-4-21(27)12-22(18)28/h2-5,10-12,17,29H,6-9,13-15H2,1H3,(H,33,34). The van der Waals surface area contributed by atoms with Crippen LogP contribution < -0.4 is 15.0 Å². The van der Waals surface area contributed by atoms with E-state index in [0.29, 0.717) is 28.7 Å². The van der Waals surface area contributed by atoms with E-state index in [1.165, 1.54) is 17.0 Å². The molecule has 0 bridgehead atoms. The van der Waals surface area contributed by atoms with E-state index in [-0.39, 0.29) is 24.6 Å². The fraction of sp³-hybridized carbons (Fsp3) is 0.360. The number of hydrogen-bond acceptors (Lipinski definition) is 4. The minimum atomic E-state index is -1.04. The van der Waals surface area contributed by atoms with Gasteiger partial charge in [0.1, 0.15) is 24.0 Å². The monoisotopic (exact) mass is 504 g/mol. The van der Waals surface area contributed by atoms with Crippen molar-refractivity contribution in [2.24, 2.45) is 5.92 Å². The van der Waals surface area contributed by atoms with E-state index >= 15 is 0 Å². The minimum Gasteiger partial charge on any atom is -0.488 e. The smallest absolute Gasteiger partial charge is 0.413 e. The second kappa shape index (κ2) is 11.0. The van der Waals surface area contributed by atoms with E-state index in [1.807, 2.05) is 6.92 Å². The van der Waals surface area contributed by atoms with Crippen molar-refractivity contribution >= 4 is 23.5 Å². The number of benzene rings is 2. The number of hydrogen-bond donors (Lipinski definition) is 2. The zero-order valence-electron chi connectivity index (χ0n) is 19.3. The summed E-state index contributed by atoms with van der Waals surface area (Å²) >= 11 is 6.21. The molecule has 1 aliphatic rings. The molecule has 2 aromatic carbocycles. The molecule has 0 radical (unpaired) electrons. The van der Waals surface area contributed by atoms with Gasteiger partial charge in [0.2, 0.25) is 0 Å². The van der Waals surface area contributed by atoms with Crippen LogP contribution >= 0.6 is 11.6 Å². The van der Waals surface area contributed by atoms with Crippen molar-refractivity contribution in [3.8, 4) is 5.75 Å². The molecular formula is C25H27ClF2N4O3. The number of rotatable bonds is 8. The van der Waals surface area contributed by atoms with Gasteiger partial charge in [0.25, 0.3) is 0 Å². The van der Waals surface area contributed by atoms with Crippen molar-refractivity contribution in [2.45, 2.75) is 32.9 Å². The summed E-state index contributed by atoms with van der Waals surface area (Å²) in [5, 5.41) is 18.1. The van der Waals surface area contributed by atoms with Crippen LogP contribution in [0.4, 0.5) is 19.4 Å². The van der Waals surface area contributed by atoms with Gasteiger partial charge in [-0.05, 0) is 69.1 Å². The molecule has 1 fully saturated rings. The Labute approximate surface area is 207 Å². The summed E-state index contributed by atoms with van der Waals surface area (Å²) in [6, 6.07) is 10.1. The average Bonchev–Trinajstić information content (AvgIpc) is 3.18. The van der Waals surface area contributed by atoms with Crippen molar-refractivity contribution in [2.75, 3.05) is 24.5 Å². The van der Waals surface area contributed by atoms with Crippen molar-refractivity contribution < 1.29 is 23.4 Å². The van der Waals surface area contributed by atoms with Gasteiger partial charge in [-0.15, -0.1) is 0 Å². The number of halogens is 3. The maximum atomic E-state index is 14.0. The normalized spacial score (nSPS) is 14.2. The number of aryl methyl sites for hydroxylation is 1. The van der Waals surface area contributed by atoms with Crippen LogP contribution in [0.5, 0.6) is 5.75 Å². The predicted molar refractivity (Wildman–Crippen MR) is 129 cm³/mol. The second-order valence-electron chi connectivity index (χ2n) is 8.66. The summed E-state index contributed by atoms with van der Waals surface area (Å²) < 4.78 is 34.7.